The highest BCUT2D eigenvalue weighted by atomic mass is 35.5. The van der Waals surface area contributed by atoms with Crippen molar-refractivity contribution in [3.8, 4) is 0 Å². The van der Waals surface area contributed by atoms with Crippen molar-refractivity contribution in [1.82, 2.24) is 14.9 Å². The summed E-state index contributed by atoms with van der Waals surface area (Å²) in [5.74, 6) is 0.859. The second kappa shape index (κ2) is 6.46. The van der Waals surface area contributed by atoms with Crippen LogP contribution in [0.25, 0.3) is 10.2 Å². The molecule has 4 nitrogen and oxygen atoms in total. The van der Waals surface area contributed by atoms with E-state index < -0.39 is 0 Å². The van der Waals surface area contributed by atoms with Gasteiger partial charge < -0.3 is 5.32 Å². The van der Waals surface area contributed by atoms with Gasteiger partial charge in [-0.25, -0.2) is 9.97 Å². The first kappa shape index (κ1) is 15.0. The van der Waals surface area contributed by atoms with Crippen molar-refractivity contribution in [2.24, 2.45) is 0 Å². The molecule has 1 N–H and O–H groups in total. The molecule has 0 saturated carbocycles. The fourth-order valence-electron chi connectivity index (χ4n) is 2.88. The number of nitrogens with zero attached hydrogens (tertiary/aromatic N) is 3. The number of fused-ring (bicyclic) bond motifs is 1. The first-order chi connectivity index (χ1) is 10.1. The Morgan fingerprint density at radius 1 is 1.33 bits per heavy atom. The molecule has 1 fully saturated rings. The Kier molecular flexibility index (Phi) is 4.62. The third-order valence-electron chi connectivity index (χ3n) is 4.07. The summed E-state index contributed by atoms with van der Waals surface area (Å²) >= 11 is 7.69. The zero-order chi connectivity index (χ0) is 14.8. The largest absolute Gasteiger partial charge is 0.368 e. The molecule has 0 radical (unpaired) electrons. The van der Waals surface area contributed by atoms with E-state index in [4.69, 9.17) is 11.6 Å². The van der Waals surface area contributed by atoms with E-state index in [1.54, 1.807) is 11.3 Å². The molecule has 0 aliphatic carbocycles. The van der Waals surface area contributed by atoms with Gasteiger partial charge in [0.05, 0.1) is 5.39 Å². The fraction of sp³-hybridized carbons (Fsp3) is 0.600. The van der Waals surface area contributed by atoms with Crippen LogP contribution in [0.4, 0.5) is 5.82 Å². The molecule has 6 heteroatoms. The summed E-state index contributed by atoms with van der Waals surface area (Å²) in [6, 6.07) is 2.64. The third-order valence-corrected chi connectivity index (χ3v) is 5.18. The maximum Gasteiger partial charge on any atom is 0.225 e. The lowest BCUT2D eigenvalue weighted by Gasteiger charge is -2.32. The van der Waals surface area contributed by atoms with Crippen molar-refractivity contribution < 1.29 is 0 Å². The lowest BCUT2D eigenvalue weighted by Crippen LogP contribution is -2.41. The Morgan fingerprint density at radius 3 is 2.86 bits per heavy atom. The van der Waals surface area contributed by atoms with Crippen LogP contribution in [0, 0.1) is 6.92 Å². The molecule has 21 heavy (non-hydrogen) atoms. The standard InChI is InChI=1S/C15H21ClN4S/c1-10(20-6-4-3-5-7-20)9-17-13-12-8-11(2)21-14(12)19-15(16)18-13/h8,10H,3-7,9H2,1-2H3,(H,17,18,19). The number of thiophene rings is 1. The minimum atomic E-state index is 0.317. The van der Waals surface area contributed by atoms with Crippen LogP contribution >= 0.6 is 22.9 Å². The number of hydrogen-bond donors (Lipinski definition) is 1. The molecule has 1 aliphatic heterocycles. The van der Waals surface area contributed by atoms with Crippen molar-refractivity contribution in [1.29, 1.82) is 0 Å². The number of anilines is 1. The topological polar surface area (TPSA) is 41.0 Å². The molecule has 114 valence electrons. The Bertz CT molecular complexity index is 621. The van der Waals surface area contributed by atoms with E-state index >= 15 is 0 Å². The van der Waals surface area contributed by atoms with E-state index in [1.165, 1.54) is 37.2 Å². The Morgan fingerprint density at radius 2 is 2.10 bits per heavy atom. The fourth-order valence-corrected chi connectivity index (χ4v) is 3.98. The van der Waals surface area contributed by atoms with Crippen molar-refractivity contribution in [3.63, 3.8) is 0 Å². The summed E-state index contributed by atoms with van der Waals surface area (Å²) < 4.78 is 0. The molecule has 2 aromatic heterocycles. The van der Waals surface area contributed by atoms with Crippen molar-refractivity contribution >= 4 is 39.0 Å². The first-order valence-corrected chi connectivity index (χ1v) is 8.74. The highest BCUT2D eigenvalue weighted by Crippen LogP contribution is 2.29. The lowest BCUT2D eigenvalue weighted by molar-refractivity contribution is 0.180. The van der Waals surface area contributed by atoms with Crippen LogP contribution in [0.2, 0.25) is 5.28 Å². The smallest absolute Gasteiger partial charge is 0.225 e. The van der Waals surface area contributed by atoms with E-state index in [0.29, 0.717) is 11.3 Å². The number of likely N-dealkylation sites (tertiary alicyclic amines) is 1. The number of nitrogens with one attached hydrogen (secondary N) is 1. The molecule has 0 aromatic carbocycles. The van der Waals surface area contributed by atoms with Crippen molar-refractivity contribution in [2.45, 2.75) is 39.2 Å². The summed E-state index contributed by atoms with van der Waals surface area (Å²) in [7, 11) is 0. The molecule has 0 bridgehead atoms. The van der Waals surface area contributed by atoms with E-state index in [0.717, 1.165) is 22.6 Å². The quantitative estimate of drug-likeness (QED) is 0.865. The van der Waals surface area contributed by atoms with Crippen molar-refractivity contribution in [2.75, 3.05) is 25.0 Å². The van der Waals surface area contributed by atoms with E-state index in [9.17, 15) is 0 Å². The Labute approximate surface area is 134 Å². The van der Waals surface area contributed by atoms with Gasteiger partial charge in [0.25, 0.3) is 0 Å². The second-order valence-corrected chi connectivity index (χ2v) is 7.32. The van der Waals surface area contributed by atoms with Gasteiger partial charge >= 0.3 is 0 Å². The average Bonchev–Trinajstić information content (AvgIpc) is 2.85. The van der Waals surface area contributed by atoms with Crippen LogP contribution in [-0.2, 0) is 0 Å². The molecule has 0 amide bonds. The zero-order valence-corrected chi connectivity index (χ0v) is 14.1. The number of aromatic nitrogens is 2. The number of hydrogen-bond acceptors (Lipinski definition) is 5. The highest BCUT2D eigenvalue weighted by Gasteiger charge is 2.17. The van der Waals surface area contributed by atoms with Crippen LogP contribution in [0.1, 0.15) is 31.1 Å². The SMILES string of the molecule is Cc1cc2c(NCC(C)N3CCCCC3)nc(Cl)nc2s1. The normalized spacial score (nSPS) is 18.0. The molecule has 1 unspecified atom stereocenters. The van der Waals surface area contributed by atoms with Gasteiger partial charge in [0, 0.05) is 17.5 Å². The molecule has 3 rings (SSSR count). The average molecular weight is 325 g/mol. The summed E-state index contributed by atoms with van der Waals surface area (Å²) in [5.41, 5.74) is 0. The summed E-state index contributed by atoms with van der Waals surface area (Å²) in [5, 5.41) is 4.86. The van der Waals surface area contributed by atoms with Gasteiger partial charge in [-0.1, -0.05) is 6.42 Å². The van der Waals surface area contributed by atoms with E-state index in [2.05, 4.69) is 40.1 Å². The maximum absolute atomic E-state index is 6.03. The number of aryl methyl sites for hydroxylation is 1. The third kappa shape index (κ3) is 3.47. The predicted molar refractivity (Wildman–Crippen MR) is 90.5 cm³/mol. The van der Waals surface area contributed by atoms with E-state index in [1.807, 2.05) is 0 Å². The summed E-state index contributed by atoms with van der Waals surface area (Å²) in [4.78, 5) is 13.4. The minimum absolute atomic E-state index is 0.317. The Hall–Kier alpha value is -0.910. The van der Waals surface area contributed by atoms with Crippen LogP contribution in [0.15, 0.2) is 6.07 Å². The van der Waals surface area contributed by atoms with Gasteiger partial charge in [-0.05, 0) is 57.4 Å². The van der Waals surface area contributed by atoms with Gasteiger partial charge in [0.1, 0.15) is 10.6 Å². The maximum atomic E-state index is 6.03. The molecule has 1 atom stereocenters. The molecular formula is C15H21ClN4S. The van der Waals surface area contributed by atoms with Gasteiger partial charge in [-0.3, -0.25) is 4.90 Å². The highest BCUT2D eigenvalue weighted by molar-refractivity contribution is 7.18. The van der Waals surface area contributed by atoms with Gasteiger partial charge in [0.2, 0.25) is 5.28 Å². The zero-order valence-electron chi connectivity index (χ0n) is 12.5. The molecule has 3 heterocycles. The molecule has 0 spiro atoms. The van der Waals surface area contributed by atoms with Gasteiger partial charge in [0.15, 0.2) is 0 Å². The van der Waals surface area contributed by atoms with Crippen molar-refractivity contribution in [3.05, 3.63) is 16.2 Å². The van der Waals surface area contributed by atoms with Crippen LogP contribution in [-0.4, -0.2) is 40.5 Å². The lowest BCUT2D eigenvalue weighted by atomic mass is 10.1. The number of piperidine rings is 1. The summed E-state index contributed by atoms with van der Waals surface area (Å²) in [6.45, 7) is 7.66. The number of halogens is 1. The van der Waals surface area contributed by atoms with Crippen LogP contribution < -0.4 is 5.32 Å². The van der Waals surface area contributed by atoms with Crippen LogP contribution in [0.5, 0.6) is 0 Å². The number of rotatable bonds is 4. The minimum Gasteiger partial charge on any atom is -0.368 e. The molecule has 2 aromatic rings. The monoisotopic (exact) mass is 324 g/mol. The Balaban J connectivity index is 1.72. The van der Waals surface area contributed by atoms with E-state index in [-0.39, 0.29) is 0 Å². The second-order valence-electron chi connectivity index (χ2n) is 5.74. The predicted octanol–water partition coefficient (Wildman–Crippen LogP) is 3.94. The van der Waals surface area contributed by atoms with Crippen LogP contribution in [0.3, 0.4) is 0 Å². The summed E-state index contributed by atoms with van der Waals surface area (Å²) in [6.07, 6.45) is 4.00. The molecular weight excluding hydrogens is 304 g/mol. The van der Waals surface area contributed by atoms with Gasteiger partial charge in [-0.2, -0.15) is 0 Å². The first-order valence-electron chi connectivity index (χ1n) is 7.55. The molecule has 1 saturated heterocycles. The van der Waals surface area contributed by atoms with Gasteiger partial charge in [-0.15, -0.1) is 11.3 Å². The molecule has 1 aliphatic rings.